The highest BCUT2D eigenvalue weighted by atomic mass is 16.2. The minimum atomic E-state index is -1.04. The van der Waals surface area contributed by atoms with Crippen molar-refractivity contribution in [3.63, 3.8) is 0 Å². The van der Waals surface area contributed by atoms with E-state index in [1.807, 2.05) is 12.1 Å². The molecule has 2 fully saturated rings. The molecule has 2 aliphatic heterocycles. The summed E-state index contributed by atoms with van der Waals surface area (Å²) in [6, 6.07) is -0.703. The summed E-state index contributed by atoms with van der Waals surface area (Å²) in [6.07, 6.45) is 3.15. The number of barbiturate groups is 1. The summed E-state index contributed by atoms with van der Waals surface area (Å²) < 4.78 is 0. The molecule has 8 nitrogen and oxygen atoms in total. The van der Waals surface area contributed by atoms with Gasteiger partial charge in [-0.15, -0.1) is 6.58 Å². The standard InChI is InChI=1S/C15H23N5O3/c1-4-6-20-14(22)12(13(21)16-15(20)23)11(5-2)17-19-9-7-18(3)8-10-19/h4-5,12,17H,1,6-10H2,2-3H3,(H,16,21,23)/b11-5+/t12-/m1/s1. The molecule has 1 atom stereocenters. The Hall–Kier alpha value is -2.19. The molecule has 0 aliphatic carbocycles. The van der Waals surface area contributed by atoms with Crippen LogP contribution in [0.2, 0.25) is 0 Å². The summed E-state index contributed by atoms with van der Waals surface area (Å²) in [6.45, 7) is 8.72. The number of hydrogen-bond donors (Lipinski definition) is 2. The summed E-state index contributed by atoms with van der Waals surface area (Å²) in [7, 11) is 2.05. The average Bonchev–Trinajstić information content (AvgIpc) is 2.52. The molecule has 0 aromatic rings. The molecule has 0 aromatic heterocycles. The SMILES string of the molecule is C=CCN1C(=O)NC(=O)[C@@H](/C(=C\C)NN2CCN(C)CC2)C1=O. The lowest BCUT2D eigenvalue weighted by Gasteiger charge is -2.36. The number of rotatable bonds is 5. The smallest absolute Gasteiger partial charge is 0.322 e. The van der Waals surface area contributed by atoms with Crippen LogP contribution in [-0.4, -0.2) is 72.4 Å². The molecule has 126 valence electrons. The fraction of sp³-hybridized carbons (Fsp3) is 0.533. The van der Waals surface area contributed by atoms with Crippen molar-refractivity contribution in [2.24, 2.45) is 5.92 Å². The molecule has 0 unspecified atom stereocenters. The Balaban J connectivity index is 2.12. The lowest BCUT2D eigenvalue weighted by molar-refractivity contribution is -0.141. The lowest BCUT2D eigenvalue weighted by Crippen LogP contribution is -2.60. The maximum atomic E-state index is 12.5. The number of hydrogen-bond acceptors (Lipinski definition) is 6. The van der Waals surface area contributed by atoms with Gasteiger partial charge >= 0.3 is 6.03 Å². The third kappa shape index (κ3) is 3.77. The van der Waals surface area contributed by atoms with Gasteiger partial charge in [-0.05, 0) is 14.0 Å². The normalized spacial score (nSPS) is 24.6. The Labute approximate surface area is 135 Å². The van der Waals surface area contributed by atoms with Crippen molar-refractivity contribution in [3.8, 4) is 0 Å². The maximum absolute atomic E-state index is 12.5. The van der Waals surface area contributed by atoms with E-state index >= 15 is 0 Å². The highest BCUT2D eigenvalue weighted by Crippen LogP contribution is 2.18. The fourth-order valence-corrected chi connectivity index (χ4v) is 2.59. The summed E-state index contributed by atoms with van der Waals surface area (Å²) in [4.78, 5) is 39.6. The van der Waals surface area contributed by atoms with E-state index in [0.29, 0.717) is 5.70 Å². The van der Waals surface area contributed by atoms with E-state index in [4.69, 9.17) is 0 Å². The third-order valence-electron chi connectivity index (χ3n) is 3.97. The highest BCUT2D eigenvalue weighted by Gasteiger charge is 2.42. The van der Waals surface area contributed by atoms with E-state index in [2.05, 4.69) is 22.2 Å². The van der Waals surface area contributed by atoms with Gasteiger partial charge in [0.05, 0.1) is 0 Å². The van der Waals surface area contributed by atoms with Crippen molar-refractivity contribution in [2.45, 2.75) is 6.92 Å². The molecule has 2 N–H and O–H groups in total. The van der Waals surface area contributed by atoms with Crippen LogP contribution in [-0.2, 0) is 9.59 Å². The first-order valence-corrected chi connectivity index (χ1v) is 7.61. The number of allylic oxidation sites excluding steroid dienone is 1. The monoisotopic (exact) mass is 321 g/mol. The molecule has 0 radical (unpaired) electrons. The summed E-state index contributed by atoms with van der Waals surface area (Å²) in [5.41, 5.74) is 3.64. The molecule has 23 heavy (non-hydrogen) atoms. The highest BCUT2D eigenvalue weighted by molar-refractivity contribution is 6.17. The van der Waals surface area contributed by atoms with Gasteiger partial charge in [0.25, 0.3) is 0 Å². The minimum Gasteiger partial charge on any atom is -0.322 e. The van der Waals surface area contributed by atoms with Crippen LogP contribution in [0.3, 0.4) is 0 Å². The van der Waals surface area contributed by atoms with E-state index in [9.17, 15) is 14.4 Å². The Kier molecular flexibility index (Phi) is 5.51. The van der Waals surface area contributed by atoms with Gasteiger partial charge in [-0.25, -0.2) is 9.80 Å². The van der Waals surface area contributed by atoms with Crippen molar-refractivity contribution in [2.75, 3.05) is 39.8 Å². The predicted octanol–water partition coefficient (Wildman–Crippen LogP) is -0.477. The van der Waals surface area contributed by atoms with Crippen molar-refractivity contribution in [1.82, 2.24) is 25.6 Å². The molecule has 4 amide bonds. The molecular formula is C15H23N5O3. The van der Waals surface area contributed by atoms with Crippen LogP contribution in [0.15, 0.2) is 24.4 Å². The number of piperazine rings is 1. The first-order valence-electron chi connectivity index (χ1n) is 7.61. The number of amides is 4. The van der Waals surface area contributed by atoms with Gasteiger partial charge < -0.3 is 10.3 Å². The van der Waals surface area contributed by atoms with E-state index in [0.717, 1.165) is 31.1 Å². The summed E-state index contributed by atoms with van der Waals surface area (Å²) in [5.74, 6) is -2.18. The van der Waals surface area contributed by atoms with E-state index in [-0.39, 0.29) is 6.54 Å². The number of likely N-dealkylation sites (N-methyl/N-ethyl adjacent to an activating group) is 1. The Morgan fingerprint density at radius 1 is 1.30 bits per heavy atom. The topological polar surface area (TPSA) is 85.0 Å². The average molecular weight is 321 g/mol. The van der Waals surface area contributed by atoms with E-state index < -0.39 is 23.8 Å². The van der Waals surface area contributed by atoms with Crippen molar-refractivity contribution in [3.05, 3.63) is 24.4 Å². The van der Waals surface area contributed by atoms with Crippen molar-refractivity contribution >= 4 is 17.8 Å². The molecule has 8 heteroatoms. The molecule has 2 saturated heterocycles. The zero-order valence-electron chi connectivity index (χ0n) is 13.5. The number of nitrogens with zero attached hydrogens (tertiary/aromatic N) is 3. The van der Waals surface area contributed by atoms with Crippen LogP contribution < -0.4 is 10.7 Å². The van der Waals surface area contributed by atoms with Gasteiger partial charge in [-0.3, -0.25) is 19.8 Å². The molecule has 0 bridgehead atoms. The second kappa shape index (κ2) is 7.38. The maximum Gasteiger partial charge on any atom is 0.331 e. The van der Waals surface area contributed by atoms with Crippen molar-refractivity contribution in [1.29, 1.82) is 0 Å². The molecule has 0 aromatic carbocycles. The molecule has 2 rings (SSSR count). The zero-order chi connectivity index (χ0) is 17.0. The van der Waals surface area contributed by atoms with Crippen LogP contribution in [0.4, 0.5) is 4.79 Å². The molecule has 2 heterocycles. The van der Waals surface area contributed by atoms with Crippen LogP contribution in [0.5, 0.6) is 0 Å². The van der Waals surface area contributed by atoms with Gasteiger partial charge in [0.15, 0.2) is 5.92 Å². The largest absolute Gasteiger partial charge is 0.331 e. The van der Waals surface area contributed by atoms with Gasteiger partial charge in [0.2, 0.25) is 11.8 Å². The van der Waals surface area contributed by atoms with Gasteiger partial charge in [0.1, 0.15) is 0 Å². The summed E-state index contributed by atoms with van der Waals surface area (Å²) in [5, 5.41) is 4.20. The number of carbonyl (C=O) groups excluding carboxylic acids is 3. The van der Waals surface area contributed by atoms with Crippen LogP contribution >= 0.6 is 0 Å². The Morgan fingerprint density at radius 2 is 1.96 bits per heavy atom. The van der Waals surface area contributed by atoms with Gasteiger partial charge in [0, 0.05) is 38.4 Å². The van der Waals surface area contributed by atoms with Gasteiger partial charge in [-0.2, -0.15) is 0 Å². The van der Waals surface area contributed by atoms with E-state index in [1.54, 1.807) is 13.0 Å². The number of hydrazine groups is 1. The third-order valence-corrected chi connectivity index (χ3v) is 3.97. The van der Waals surface area contributed by atoms with Crippen molar-refractivity contribution < 1.29 is 14.4 Å². The number of nitrogens with one attached hydrogen (secondary N) is 2. The molecule has 0 saturated carbocycles. The molecule has 0 spiro atoms. The van der Waals surface area contributed by atoms with E-state index in [1.165, 1.54) is 6.08 Å². The molecular weight excluding hydrogens is 298 g/mol. The van der Waals surface area contributed by atoms with Gasteiger partial charge in [-0.1, -0.05) is 12.2 Å². The second-order valence-corrected chi connectivity index (χ2v) is 5.61. The minimum absolute atomic E-state index is 0.0694. The second-order valence-electron chi connectivity index (χ2n) is 5.61. The first-order chi connectivity index (χ1) is 11.0. The quantitative estimate of drug-likeness (QED) is 0.526. The lowest BCUT2D eigenvalue weighted by atomic mass is 10.0. The van der Waals surface area contributed by atoms with Crippen LogP contribution in [0.1, 0.15) is 6.92 Å². The number of carbonyl (C=O) groups is 3. The molecule has 2 aliphatic rings. The Morgan fingerprint density at radius 3 is 2.52 bits per heavy atom. The number of urea groups is 1. The van der Waals surface area contributed by atoms with Crippen LogP contribution in [0.25, 0.3) is 0 Å². The number of imide groups is 2. The fourth-order valence-electron chi connectivity index (χ4n) is 2.59. The van der Waals surface area contributed by atoms with Crippen LogP contribution in [0, 0.1) is 5.92 Å². The zero-order valence-corrected chi connectivity index (χ0v) is 13.5. The Bertz CT molecular complexity index is 537. The predicted molar refractivity (Wildman–Crippen MR) is 84.9 cm³/mol. The summed E-state index contributed by atoms with van der Waals surface area (Å²) >= 11 is 0. The first kappa shape index (κ1) is 17.2.